The van der Waals surface area contributed by atoms with Gasteiger partial charge in [-0.2, -0.15) is 0 Å². The van der Waals surface area contributed by atoms with Crippen molar-refractivity contribution in [1.29, 1.82) is 0 Å². The van der Waals surface area contributed by atoms with E-state index in [1.807, 2.05) is 78.3 Å². The molecule has 0 aliphatic heterocycles. The molecule has 4 aromatic heterocycles. The fourth-order valence-corrected chi connectivity index (χ4v) is 15.4. The average Bonchev–Trinajstić information content (AvgIpc) is 1.15. The molecule has 18 aromatic rings. The molecule has 0 fully saturated rings. The van der Waals surface area contributed by atoms with Gasteiger partial charge in [0.15, 0.2) is 0 Å². The van der Waals surface area contributed by atoms with Crippen LogP contribution in [-0.4, -0.2) is 37.1 Å². The van der Waals surface area contributed by atoms with Crippen molar-refractivity contribution >= 4 is 152 Å². The first-order chi connectivity index (χ1) is 44.4. The number of aromatic nitrogens is 4. The van der Waals surface area contributed by atoms with Crippen LogP contribution in [0.5, 0.6) is 0 Å². The molecule has 0 bridgehead atoms. The van der Waals surface area contributed by atoms with E-state index in [4.69, 9.17) is 31.5 Å². The van der Waals surface area contributed by atoms with E-state index in [9.17, 15) is 10.0 Å². The second kappa shape index (κ2) is 23.2. The largest absolute Gasteiger partial charge is 0.488 e. The number of nitrogens with zero attached hydrogens (tertiary/aromatic N) is 4. The lowest BCUT2D eigenvalue weighted by atomic mass is 9.79. The van der Waals surface area contributed by atoms with Gasteiger partial charge in [0.2, 0.25) is 0 Å². The molecule has 0 spiro atoms. The molecule has 0 aliphatic rings. The summed E-state index contributed by atoms with van der Waals surface area (Å²) in [7, 11) is -1.44. The Morgan fingerprint density at radius 3 is 1.10 bits per heavy atom. The standard InChI is InChI=1S/C40H24N2S.C22H13ClN2.C18H13BO2S/c1-3-17-33-30(14-1)31-15-2-4-18-34(31)39-38(33)41-24-36(42-39)28-13-8-11-26(23-28)25-10-7-12-27(22-25)29-19-9-20-35-32-16-5-6-21-37(32)43-40(29)35;23-15-7-5-6-14(12-15)20-13-24-21-18-10-3-1-8-16(18)17-9-2-4-11-19(17)22(21)25-20;20-19(21)13-6-3-5-12(11-13)14-8-4-9-16-15-7-1-2-10-17(15)22-18(14)16/h1-24H;1-13H;1-11,20-21H. The van der Waals surface area contributed by atoms with E-state index in [-0.39, 0.29) is 0 Å². The van der Waals surface area contributed by atoms with Gasteiger partial charge in [-0.05, 0) is 96.8 Å². The third-order valence-electron chi connectivity index (χ3n) is 16.9. The second-order valence-corrected chi connectivity index (χ2v) is 24.9. The van der Waals surface area contributed by atoms with Gasteiger partial charge >= 0.3 is 7.12 Å². The van der Waals surface area contributed by atoms with E-state index >= 15 is 0 Å². The number of rotatable bonds is 6. The summed E-state index contributed by atoms with van der Waals surface area (Å²) in [6.45, 7) is 0. The van der Waals surface area contributed by atoms with Crippen LogP contribution in [0.1, 0.15) is 0 Å². The number of thiophene rings is 2. The number of hydrogen-bond acceptors (Lipinski definition) is 8. The Morgan fingerprint density at radius 1 is 0.289 bits per heavy atom. The zero-order valence-electron chi connectivity index (χ0n) is 48.2. The minimum atomic E-state index is -1.44. The van der Waals surface area contributed by atoms with Crippen molar-refractivity contribution in [1.82, 2.24) is 19.9 Å². The molecule has 0 amide bonds. The molecular weight excluding hydrogens is 1160 g/mol. The van der Waals surface area contributed by atoms with Crippen LogP contribution in [0.4, 0.5) is 0 Å². The minimum absolute atomic E-state index is 0.510. The third kappa shape index (κ3) is 9.95. The average molecular weight is 1210 g/mol. The molecule has 10 heteroatoms. The van der Waals surface area contributed by atoms with Crippen LogP contribution in [-0.2, 0) is 0 Å². The summed E-state index contributed by atoms with van der Waals surface area (Å²) in [5, 5.41) is 33.9. The molecule has 2 N–H and O–H groups in total. The minimum Gasteiger partial charge on any atom is -0.423 e. The lowest BCUT2D eigenvalue weighted by Gasteiger charge is -2.11. The lowest BCUT2D eigenvalue weighted by Crippen LogP contribution is -2.29. The second-order valence-electron chi connectivity index (χ2n) is 22.3. The van der Waals surface area contributed by atoms with E-state index < -0.39 is 7.12 Å². The normalized spacial score (nSPS) is 11.5. The van der Waals surface area contributed by atoms with Gasteiger partial charge in [-0.3, -0.25) is 9.97 Å². The first-order valence-corrected chi connectivity index (χ1v) is 31.7. The molecule has 0 saturated heterocycles. The zero-order chi connectivity index (χ0) is 60.2. The van der Waals surface area contributed by atoms with Crippen molar-refractivity contribution in [2.24, 2.45) is 0 Å². The van der Waals surface area contributed by atoms with Crippen LogP contribution in [0, 0.1) is 0 Å². The summed E-state index contributed by atoms with van der Waals surface area (Å²) < 4.78 is 5.16. The maximum atomic E-state index is 9.38. The molecule has 14 aromatic carbocycles. The Balaban J connectivity index is 0.000000117. The maximum absolute atomic E-state index is 9.38. The van der Waals surface area contributed by atoms with Gasteiger partial charge in [0.25, 0.3) is 0 Å². The van der Waals surface area contributed by atoms with Crippen LogP contribution < -0.4 is 5.46 Å². The Bertz CT molecular complexity index is 5780. The molecule has 0 atom stereocenters. The van der Waals surface area contributed by atoms with Crippen molar-refractivity contribution in [2.75, 3.05) is 0 Å². The van der Waals surface area contributed by atoms with Crippen LogP contribution in [0.3, 0.4) is 0 Å². The summed E-state index contributed by atoms with van der Waals surface area (Å²) in [5.41, 5.74) is 15.0. The Kier molecular flexibility index (Phi) is 14.2. The molecular formula is C80H50BClN4O2S2. The smallest absolute Gasteiger partial charge is 0.423 e. The Hall–Kier alpha value is -10.5. The van der Waals surface area contributed by atoms with Crippen molar-refractivity contribution in [2.45, 2.75) is 0 Å². The number of fused-ring (bicyclic) bond motifs is 18. The molecule has 6 nitrogen and oxygen atoms in total. The van der Waals surface area contributed by atoms with Gasteiger partial charge in [0.05, 0.1) is 45.8 Å². The van der Waals surface area contributed by atoms with Gasteiger partial charge in [0.1, 0.15) is 0 Å². The van der Waals surface area contributed by atoms with Crippen LogP contribution in [0.25, 0.3) is 161 Å². The van der Waals surface area contributed by atoms with Gasteiger partial charge in [-0.15, -0.1) is 22.7 Å². The molecule has 0 unspecified atom stereocenters. The van der Waals surface area contributed by atoms with Gasteiger partial charge < -0.3 is 10.0 Å². The maximum Gasteiger partial charge on any atom is 0.488 e. The lowest BCUT2D eigenvalue weighted by molar-refractivity contribution is 0.426. The number of benzene rings is 14. The number of hydrogen-bond donors (Lipinski definition) is 2. The molecule has 18 rings (SSSR count). The summed E-state index contributed by atoms with van der Waals surface area (Å²) >= 11 is 9.78. The molecule has 90 heavy (non-hydrogen) atoms. The van der Waals surface area contributed by atoms with E-state index in [0.29, 0.717) is 10.5 Å². The topological polar surface area (TPSA) is 92.0 Å². The van der Waals surface area contributed by atoms with E-state index in [2.05, 4.69) is 218 Å². The molecule has 0 radical (unpaired) electrons. The van der Waals surface area contributed by atoms with Crippen molar-refractivity contribution in [3.8, 4) is 55.9 Å². The monoisotopic (exact) mass is 1210 g/mol. The van der Waals surface area contributed by atoms with Gasteiger partial charge in [-0.25, -0.2) is 9.97 Å². The highest BCUT2D eigenvalue weighted by molar-refractivity contribution is 7.26. The van der Waals surface area contributed by atoms with Crippen molar-refractivity contribution in [3.63, 3.8) is 0 Å². The SMILES string of the molecule is Clc1cccc(-c2cnc3c4ccccc4c4ccccc4c3n2)c1.OB(O)c1cccc(-c2cccc3c2sc2ccccc23)c1.c1cc(-c2cccc(-c3cccc4c3sc3ccccc34)c2)cc(-c2cnc3c4ccccc4c4ccccc4c3n2)c1. The highest BCUT2D eigenvalue weighted by Gasteiger charge is 2.18. The third-order valence-corrected chi connectivity index (χ3v) is 19.6. The summed E-state index contributed by atoms with van der Waals surface area (Å²) in [4.78, 5) is 19.9. The number of halogens is 1. The molecule has 424 valence electrons. The predicted octanol–water partition coefficient (Wildman–Crippen LogP) is 21.0. The first-order valence-electron chi connectivity index (χ1n) is 29.7. The molecule has 0 aliphatic carbocycles. The van der Waals surface area contributed by atoms with Gasteiger partial charge in [-0.1, -0.05) is 254 Å². The summed E-state index contributed by atoms with van der Waals surface area (Å²) in [6, 6.07) is 96.4. The summed E-state index contributed by atoms with van der Waals surface area (Å²) in [6.07, 6.45) is 3.75. The van der Waals surface area contributed by atoms with Crippen molar-refractivity contribution < 1.29 is 10.0 Å². The fraction of sp³-hybridized carbons (Fsp3) is 0. The van der Waals surface area contributed by atoms with E-state index in [1.165, 1.54) is 78.6 Å². The van der Waals surface area contributed by atoms with E-state index in [0.717, 1.165) is 82.8 Å². The zero-order valence-corrected chi connectivity index (χ0v) is 50.6. The van der Waals surface area contributed by atoms with Crippen LogP contribution in [0.2, 0.25) is 5.02 Å². The first kappa shape index (κ1) is 54.9. The predicted molar refractivity (Wildman–Crippen MR) is 383 cm³/mol. The highest BCUT2D eigenvalue weighted by Crippen LogP contribution is 2.43. The molecule has 4 heterocycles. The quantitative estimate of drug-likeness (QED) is 0.127. The van der Waals surface area contributed by atoms with Crippen LogP contribution >= 0.6 is 34.3 Å². The Labute approximate surface area is 531 Å². The van der Waals surface area contributed by atoms with E-state index in [1.54, 1.807) is 17.4 Å². The van der Waals surface area contributed by atoms with Gasteiger partial charge in [0, 0.05) is 78.0 Å². The Morgan fingerprint density at radius 2 is 0.633 bits per heavy atom. The molecule has 0 saturated carbocycles. The fourth-order valence-electron chi connectivity index (χ4n) is 12.7. The highest BCUT2D eigenvalue weighted by atomic mass is 35.5. The summed E-state index contributed by atoms with van der Waals surface area (Å²) in [5.74, 6) is 0. The van der Waals surface area contributed by atoms with Crippen molar-refractivity contribution in [3.05, 3.63) is 296 Å². The van der Waals surface area contributed by atoms with Crippen LogP contribution in [0.15, 0.2) is 291 Å².